The Kier molecular flexibility index (Phi) is 9.38. The van der Waals surface area contributed by atoms with Gasteiger partial charge in [0.05, 0.1) is 42.9 Å². The molecule has 4 heterocycles. The Balaban J connectivity index is 0.981. The van der Waals surface area contributed by atoms with E-state index in [0.29, 0.717) is 30.8 Å². The van der Waals surface area contributed by atoms with E-state index in [2.05, 4.69) is 43.2 Å². The Labute approximate surface area is 355 Å². The van der Waals surface area contributed by atoms with E-state index in [1.807, 2.05) is 132 Å². The summed E-state index contributed by atoms with van der Waals surface area (Å²) < 4.78 is 14.6. The summed E-state index contributed by atoms with van der Waals surface area (Å²) in [6, 6.07) is 45.4. The first-order valence-electron chi connectivity index (χ1n) is 20.9. The van der Waals surface area contributed by atoms with E-state index >= 15 is 4.79 Å². The van der Waals surface area contributed by atoms with E-state index < -0.39 is 17.1 Å². The van der Waals surface area contributed by atoms with Crippen LogP contribution in [0.4, 0.5) is 17.1 Å². The highest BCUT2D eigenvalue weighted by atomic mass is 16.5. The predicted molar refractivity (Wildman–Crippen MR) is 235 cm³/mol. The number of hydrogen-bond donors (Lipinski definition) is 1. The number of rotatable bonds is 11. The number of benzene rings is 6. The van der Waals surface area contributed by atoms with Crippen molar-refractivity contribution in [2.24, 2.45) is 11.8 Å². The molecular weight excluding hydrogens is 763 g/mol. The highest BCUT2D eigenvalue weighted by Crippen LogP contribution is 2.60. The number of aliphatic hydroxyl groups is 1. The van der Waals surface area contributed by atoms with Crippen molar-refractivity contribution in [2.45, 2.75) is 63.5 Å². The number of ether oxygens (including phenoxy) is 2. The highest BCUT2D eigenvalue weighted by molar-refractivity contribution is 6.27. The molecule has 6 aromatic carbocycles. The fourth-order valence-electron chi connectivity index (χ4n) is 10.5. The van der Waals surface area contributed by atoms with E-state index in [1.165, 1.54) is 0 Å². The largest absolute Gasteiger partial charge is 0.497 e. The van der Waals surface area contributed by atoms with E-state index in [1.54, 1.807) is 22.9 Å². The van der Waals surface area contributed by atoms with Gasteiger partial charge in [0.25, 0.3) is 11.8 Å². The maximum Gasteiger partial charge on any atom is 0.264 e. The molecule has 1 N–H and O–H groups in total. The zero-order valence-corrected chi connectivity index (χ0v) is 34.6. The molecule has 0 bridgehead atoms. The third kappa shape index (κ3) is 6.15. The Morgan fingerprint density at radius 1 is 0.852 bits per heavy atom. The lowest BCUT2D eigenvalue weighted by atomic mass is 9.63. The lowest BCUT2D eigenvalue weighted by Gasteiger charge is -2.38. The number of nitrogens with zero attached hydrogens (tertiary/aromatic N) is 5. The number of para-hydroxylation sites is 1. The summed E-state index contributed by atoms with van der Waals surface area (Å²) in [6.07, 6.45) is 1.08. The van der Waals surface area contributed by atoms with Gasteiger partial charge in [-0.3, -0.25) is 19.2 Å². The first-order chi connectivity index (χ1) is 29.6. The number of hydrogen-bond acceptors (Lipinski definition) is 7. The summed E-state index contributed by atoms with van der Waals surface area (Å²) in [5.74, 6) is 0.257. The second-order valence-corrected chi connectivity index (χ2v) is 17.1. The molecule has 0 saturated carbocycles. The van der Waals surface area contributed by atoms with E-state index in [9.17, 15) is 9.90 Å². The molecule has 0 unspecified atom stereocenters. The number of aryl methyl sites for hydroxylation is 1. The van der Waals surface area contributed by atoms with Crippen LogP contribution in [0.1, 0.15) is 71.6 Å². The van der Waals surface area contributed by atoms with Crippen LogP contribution in [0.15, 0.2) is 146 Å². The molecule has 3 aliphatic rings. The average molecular weight is 810 g/mol. The van der Waals surface area contributed by atoms with Gasteiger partial charge in [0, 0.05) is 35.0 Å². The lowest BCUT2D eigenvalue weighted by Crippen LogP contribution is -2.45. The van der Waals surface area contributed by atoms with Crippen LogP contribution in [-0.4, -0.2) is 45.1 Å². The molecule has 1 fully saturated rings. The molecule has 61 heavy (non-hydrogen) atoms. The van der Waals surface area contributed by atoms with Gasteiger partial charge in [-0.1, -0.05) is 123 Å². The van der Waals surface area contributed by atoms with Crippen molar-refractivity contribution in [1.29, 1.82) is 0 Å². The van der Waals surface area contributed by atoms with Crippen molar-refractivity contribution in [3.8, 4) is 5.75 Å². The van der Waals surface area contributed by atoms with Crippen LogP contribution in [-0.2, 0) is 33.6 Å². The molecule has 306 valence electrons. The standard InChI is InChI=1S/C51H47N5O5/c1-32-46(50(2,3)36-23-25-38(60-4)26-24-36)44(27-28-54-31-41(52-53-54)47(57)35-14-6-5-7-15-35)61-51(32)40-20-8-9-21-42(40)55(49(51)59)30-33-13-10-18-37(29-33)56-43-22-12-17-34-16-11-19-39(45(34)43)48(56)58/h5-26,29,31-32,44,46-47,57H,27-28,30H2,1-4H3/t32-,44+,46-,47+,51+/m0/s1. The highest BCUT2D eigenvalue weighted by Gasteiger charge is 2.65. The van der Waals surface area contributed by atoms with Crippen LogP contribution in [0.5, 0.6) is 5.75 Å². The zero-order valence-electron chi connectivity index (χ0n) is 34.6. The van der Waals surface area contributed by atoms with Crippen molar-refractivity contribution < 1.29 is 24.2 Å². The molecule has 1 aromatic heterocycles. The molecule has 2 amide bonds. The first-order valence-corrected chi connectivity index (χ1v) is 20.9. The summed E-state index contributed by atoms with van der Waals surface area (Å²) in [5.41, 5.74) is 5.50. The molecule has 10 heteroatoms. The summed E-state index contributed by atoms with van der Waals surface area (Å²) in [6.45, 7) is 7.40. The Bertz CT molecular complexity index is 2800. The number of anilines is 3. The molecule has 1 spiro atoms. The molecular formula is C51H47N5O5. The number of aromatic nitrogens is 3. The van der Waals surface area contributed by atoms with Gasteiger partial charge in [-0.25, -0.2) is 0 Å². The van der Waals surface area contributed by atoms with Gasteiger partial charge in [0.15, 0.2) is 5.60 Å². The van der Waals surface area contributed by atoms with Crippen molar-refractivity contribution in [1.82, 2.24) is 15.0 Å². The van der Waals surface area contributed by atoms with Gasteiger partial charge in [-0.15, -0.1) is 5.10 Å². The molecule has 7 aromatic rings. The topological polar surface area (TPSA) is 110 Å². The Morgan fingerprint density at radius 2 is 1.57 bits per heavy atom. The van der Waals surface area contributed by atoms with Gasteiger partial charge >= 0.3 is 0 Å². The van der Waals surface area contributed by atoms with E-state index in [-0.39, 0.29) is 29.8 Å². The maximum atomic E-state index is 15.5. The second kappa shape index (κ2) is 14.8. The summed E-state index contributed by atoms with van der Waals surface area (Å²) in [4.78, 5) is 33.0. The molecule has 10 rings (SSSR count). The first kappa shape index (κ1) is 38.6. The third-order valence-electron chi connectivity index (χ3n) is 13.4. The monoisotopic (exact) mass is 809 g/mol. The number of methoxy groups -OCH3 is 1. The smallest absolute Gasteiger partial charge is 0.264 e. The molecule has 0 aliphatic carbocycles. The van der Waals surface area contributed by atoms with Gasteiger partial charge in [-0.2, -0.15) is 0 Å². The minimum atomic E-state index is -1.26. The predicted octanol–water partition coefficient (Wildman–Crippen LogP) is 9.27. The van der Waals surface area contributed by atoms with Crippen molar-refractivity contribution in [2.75, 3.05) is 16.9 Å². The van der Waals surface area contributed by atoms with Crippen LogP contribution in [0.3, 0.4) is 0 Å². The molecule has 1 saturated heterocycles. The molecule has 10 nitrogen and oxygen atoms in total. The summed E-state index contributed by atoms with van der Waals surface area (Å²) in [7, 11) is 1.66. The SMILES string of the molecule is COc1ccc(C(C)(C)[C@@H]2[C@@H](CCn3cc([C@H](O)c4ccccc4)nn3)O[C@]3(C(=O)N(Cc4cccc(N5C(=O)c6cccc7cccc5c67)c4)c4ccccc43)[C@H]2C)cc1. The van der Waals surface area contributed by atoms with Crippen LogP contribution in [0, 0.1) is 11.8 Å². The Hall–Kier alpha value is -6.62. The summed E-state index contributed by atoms with van der Waals surface area (Å²) in [5, 5.41) is 21.8. The molecule has 3 aliphatic heterocycles. The van der Waals surface area contributed by atoms with E-state index in [0.717, 1.165) is 55.8 Å². The minimum Gasteiger partial charge on any atom is -0.497 e. The lowest BCUT2D eigenvalue weighted by molar-refractivity contribution is -0.146. The number of carbonyl (C=O) groups is 2. The van der Waals surface area contributed by atoms with Crippen LogP contribution in [0.2, 0.25) is 0 Å². The minimum absolute atomic E-state index is 0.0651. The molecule has 5 atom stereocenters. The van der Waals surface area contributed by atoms with Crippen LogP contribution in [0.25, 0.3) is 10.8 Å². The van der Waals surface area contributed by atoms with Crippen molar-refractivity contribution >= 4 is 39.6 Å². The normalized spacial score (nSPS) is 21.2. The third-order valence-corrected chi connectivity index (χ3v) is 13.4. The molecule has 0 radical (unpaired) electrons. The average Bonchev–Trinajstić information content (AvgIpc) is 4.03. The van der Waals surface area contributed by atoms with Gasteiger partial charge in [0.1, 0.15) is 17.5 Å². The van der Waals surface area contributed by atoms with Gasteiger partial charge in [0.2, 0.25) is 0 Å². The van der Waals surface area contributed by atoms with Crippen LogP contribution >= 0.6 is 0 Å². The number of fused-ring (bicyclic) bond motifs is 2. The Morgan fingerprint density at radius 3 is 2.36 bits per heavy atom. The van der Waals surface area contributed by atoms with E-state index in [4.69, 9.17) is 9.47 Å². The number of carbonyl (C=O) groups excluding carboxylic acids is 2. The quantitative estimate of drug-likeness (QED) is 0.139. The number of aliphatic hydroxyl groups excluding tert-OH is 1. The second-order valence-electron chi connectivity index (χ2n) is 17.1. The maximum absolute atomic E-state index is 15.5. The van der Waals surface area contributed by atoms with Gasteiger partial charge < -0.3 is 19.5 Å². The van der Waals surface area contributed by atoms with Crippen molar-refractivity contribution in [3.63, 3.8) is 0 Å². The number of amides is 2. The van der Waals surface area contributed by atoms with Crippen molar-refractivity contribution in [3.05, 3.63) is 179 Å². The fourth-order valence-corrected chi connectivity index (χ4v) is 10.5. The van der Waals surface area contributed by atoms with Crippen LogP contribution < -0.4 is 14.5 Å². The van der Waals surface area contributed by atoms with Gasteiger partial charge in [-0.05, 0) is 76.4 Å². The summed E-state index contributed by atoms with van der Waals surface area (Å²) >= 11 is 0. The zero-order chi connectivity index (χ0) is 42.0. The fraction of sp³-hybridized carbons (Fsp3) is 0.255.